The van der Waals surface area contributed by atoms with Gasteiger partial charge < -0.3 is 19.6 Å². The van der Waals surface area contributed by atoms with E-state index < -0.39 is 15.8 Å². The Bertz CT molecular complexity index is 1680. The SMILES string of the molecule is COc1cc(-c2nc3occn3c2-c2ccnc(NCCCNS(=O)(=O)c3ccc(O)cc3)n2)ccc1F. The predicted molar refractivity (Wildman–Crippen MR) is 137 cm³/mol. The van der Waals surface area contributed by atoms with E-state index in [1.165, 1.54) is 43.7 Å². The fourth-order valence-corrected chi connectivity index (χ4v) is 4.89. The first-order valence-corrected chi connectivity index (χ1v) is 13.0. The quantitative estimate of drug-likeness (QED) is 0.227. The van der Waals surface area contributed by atoms with Gasteiger partial charge in [0.1, 0.15) is 23.4 Å². The second-order valence-corrected chi connectivity index (χ2v) is 9.92. The summed E-state index contributed by atoms with van der Waals surface area (Å²) in [5.41, 5.74) is 2.30. The summed E-state index contributed by atoms with van der Waals surface area (Å²) in [6, 6.07) is 11.5. The Morgan fingerprint density at radius 3 is 2.71 bits per heavy atom. The van der Waals surface area contributed by atoms with Gasteiger partial charge in [0.25, 0.3) is 0 Å². The monoisotopic (exact) mass is 538 g/mol. The van der Waals surface area contributed by atoms with Crippen LogP contribution in [0.3, 0.4) is 0 Å². The number of methoxy groups -OCH3 is 1. The molecule has 11 nitrogen and oxygen atoms in total. The average molecular weight is 539 g/mol. The number of hydrogen-bond donors (Lipinski definition) is 3. The topological polar surface area (TPSA) is 144 Å². The Labute approximate surface area is 217 Å². The van der Waals surface area contributed by atoms with Crippen LogP contribution >= 0.6 is 0 Å². The van der Waals surface area contributed by atoms with Gasteiger partial charge in [0.2, 0.25) is 16.0 Å². The van der Waals surface area contributed by atoms with Crippen molar-refractivity contribution in [3.05, 3.63) is 73.0 Å². The minimum absolute atomic E-state index is 0.00988. The molecule has 0 fully saturated rings. The summed E-state index contributed by atoms with van der Waals surface area (Å²) in [5, 5.41) is 12.4. The van der Waals surface area contributed by atoms with Gasteiger partial charge in [0, 0.05) is 31.0 Å². The molecule has 196 valence electrons. The Morgan fingerprint density at radius 2 is 1.92 bits per heavy atom. The summed E-state index contributed by atoms with van der Waals surface area (Å²) in [4.78, 5) is 13.5. The first-order valence-electron chi connectivity index (χ1n) is 11.5. The van der Waals surface area contributed by atoms with E-state index in [4.69, 9.17) is 9.15 Å². The number of hydrogen-bond acceptors (Lipinski definition) is 9. The number of ether oxygens (including phenoxy) is 1. The van der Waals surface area contributed by atoms with Crippen LogP contribution in [-0.4, -0.2) is 53.1 Å². The zero-order valence-corrected chi connectivity index (χ0v) is 20.9. The van der Waals surface area contributed by atoms with E-state index in [0.29, 0.717) is 47.4 Å². The Hall–Kier alpha value is -4.49. The van der Waals surface area contributed by atoms with Crippen LogP contribution in [-0.2, 0) is 10.0 Å². The summed E-state index contributed by atoms with van der Waals surface area (Å²) < 4.78 is 53.6. The number of fused-ring (bicyclic) bond motifs is 1. The van der Waals surface area contributed by atoms with Crippen molar-refractivity contribution < 1.29 is 27.1 Å². The number of phenolic OH excluding ortho intramolecular Hbond substituents is 1. The second kappa shape index (κ2) is 10.5. The van der Waals surface area contributed by atoms with E-state index in [2.05, 4.69) is 25.0 Å². The zero-order chi connectivity index (χ0) is 26.7. The standard InChI is InChI=1S/C25H23FN6O5S/c1-36-21-15-16(3-8-19(21)26)22-23(32-13-14-37-25(32)31-22)20-9-12-28-24(30-20)27-10-2-11-29-38(34,35)18-6-4-17(33)5-7-18/h3-9,12-15,29,33H,2,10-11H2,1H3,(H,27,28,30). The fraction of sp³-hybridized carbons (Fsp3) is 0.160. The number of aromatic hydroxyl groups is 1. The van der Waals surface area contributed by atoms with Crippen LogP contribution in [0.5, 0.6) is 11.5 Å². The third kappa shape index (κ3) is 5.14. The number of phenols is 1. The number of imidazole rings is 1. The van der Waals surface area contributed by atoms with E-state index in [0.717, 1.165) is 0 Å². The van der Waals surface area contributed by atoms with Gasteiger partial charge in [-0.25, -0.2) is 27.5 Å². The second-order valence-electron chi connectivity index (χ2n) is 8.15. The molecule has 2 aromatic carbocycles. The molecule has 0 aliphatic rings. The molecule has 0 aliphatic heterocycles. The van der Waals surface area contributed by atoms with E-state index in [1.807, 2.05) is 0 Å². The molecule has 13 heteroatoms. The van der Waals surface area contributed by atoms with Crippen molar-refractivity contribution in [2.45, 2.75) is 11.3 Å². The van der Waals surface area contributed by atoms with Crippen LogP contribution in [0.2, 0.25) is 0 Å². The molecule has 0 aliphatic carbocycles. The van der Waals surface area contributed by atoms with Crippen molar-refractivity contribution in [3.63, 3.8) is 0 Å². The fourth-order valence-electron chi connectivity index (χ4n) is 3.82. The Kier molecular flexibility index (Phi) is 6.94. The lowest BCUT2D eigenvalue weighted by Gasteiger charge is -2.09. The number of nitrogens with zero attached hydrogens (tertiary/aromatic N) is 4. The summed E-state index contributed by atoms with van der Waals surface area (Å²) in [5.74, 6) is 0.269. The number of nitrogens with one attached hydrogen (secondary N) is 2. The normalized spacial score (nSPS) is 11.6. The van der Waals surface area contributed by atoms with Crippen LogP contribution in [0.15, 0.2) is 76.5 Å². The molecule has 5 rings (SSSR count). The minimum Gasteiger partial charge on any atom is -0.508 e. The Balaban J connectivity index is 1.30. The molecule has 3 N–H and O–H groups in total. The van der Waals surface area contributed by atoms with Gasteiger partial charge >= 0.3 is 5.84 Å². The van der Waals surface area contributed by atoms with E-state index in [1.54, 1.807) is 35.0 Å². The lowest BCUT2D eigenvalue weighted by atomic mass is 10.1. The van der Waals surface area contributed by atoms with E-state index in [9.17, 15) is 17.9 Å². The molecule has 38 heavy (non-hydrogen) atoms. The van der Waals surface area contributed by atoms with Crippen LogP contribution in [0.4, 0.5) is 10.3 Å². The predicted octanol–water partition coefficient (Wildman–Crippen LogP) is 3.69. The van der Waals surface area contributed by atoms with Gasteiger partial charge in [-0.3, -0.25) is 4.40 Å². The van der Waals surface area contributed by atoms with Crippen molar-refractivity contribution in [2.24, 2.45) is 0 Å². The molecule has 3 heterocycles. The number of sulfonamides is 1. The van der Waals surface area contributed by atoms with Crippen LogP contribution in [0.25, 0.3) is 28.5 Å². The van der Waals surface area contributed by atoms with Gasteiger partial charge in [-0.15, -0.1) is 0 Å². The van der Waals surface area contributed by atoms with Crippen molar-refractivity contribution in [3.8, 4) is 34.1 Å². The smallest absolute Gasteiger partial charge is 0.306 e. The maximum Gasteiger partial charge on any atom is 0.306 e. The highest BCUT2D eigenvalue weighted by Gasteiger charge is 2.20. The van der Waals surface area contributed by atoms with Gasteiger partial charge in [-0.05, 0) is 55.0 Å². The van der Waals surface area contributed by atoms with Gasteiger partial charge in [0.15, 0.2) is 11.6 Å². The molecule has 0 unspecified atom stereocenters. The van der Waals surface area contributed by atoms with Crippen molar-refractivity contribution in [2.75, 3.05) is 25.5 Å². The maximum absolute atomic E-state index is 14.0. The molecular weight excluding hydrogens is 515 g/mol. The number of anilines is 1. The molecular formula is C25H23FN6O5S. The number of rotatable bonds is 10. The summed E-state index contributed by atoms with van der Waals surface area (Å²) in [6.07, 6.45) is 5.26. The molecule has 0 amide bonds. The highest BCUT2D eigenvalue weighted by Crippen LogP contribution is 2.34. The largest absolute Gasteiger partial charge is 0.508 e. The average Bonchev–Trinajstić information content (AvgIpc) is 3.51. The summed E-state index contributed by atoms with van der Waals surface area (Å²) >= 11 is 0. The van der Waals surface area contributed by atoms with Gasteiger partial charge in [-0.1, -0.05) is 0 Å². The van der Waals surface area contributed by atoms with Crippen LogP contribution < -0.4 is 14.8 Å². The summed E-state index contributed by atoms with van der Waals surface area (Å²) in [6.45, 7) is 0.585. The van der Waals surface area contributed by atoms with E-state index >= 15 is 0 Å². The molecule has 0 bridgehead atoms. The Morgan fingerprint density at radius 1 is 1.11 bits per heavy atom. The highest BCUT2D eigenvalue weighted by atomic mass is 32.2. The molecule has 0 spiro atoms. The van der Waals surface area contributed by atoms with E-state index in [-0.39, 0.29) is 22.9 Å². The van der Waals surface area contributed by atoms with Crippen molar-refractivity contribution >= 4 is 21.8 Å². The highest BCUT2D eigenvalue weighted by molar-refractivity contribution is 7.89. The van der Waals surface area contributed by atoms with Crippen molar-refractivity contribution in [1.82, 2.24) is 24.1 Å². The molecule has 5 aromatic rings. The molecule has 0 saturated heterocycles. The van der Waals surface area contributed by atoms with Gasteiger partial charge in [0.05, 0.1) is 17.7 Å². The first kappa shape index (κ1) is 25.2. The van der Waals surface area contributed by atoms with Gasteiger partial charge in [-0.2, -0.15) is 4.98 Å². The summed E-state index contributed by atoms with van der Waals surface area (Å²) in [7, 11) is -2.29. The molecule has 3 aromatic heterocycles. The maximum atomic E-state index is 14.0. The zero-order valence-electron chi connectivity index (χ0n) is 20.1. The third-order valence-corrected chi connectivity index (χ3v) is 7.14. The number of benzene rings is 2. The first-order chi connectivity index (χ1) is 18.4. The number of aromatic nitrogens is 4. The third-order valence-electron chi connectivity index (χ3n) is 5.66. The minimum atomic E-state index is -3.68. The molecule has 0 atom stereocenters. The lowest BCUT2D eigenvalue weighted by molar-refractivity contribution is 0.387. The number of halogens is 1. The van der Waals surface area contributed by atoms with Crippen LogP contribution in [0, 0.1) is 5.82 Å². The number of oxazole rings is 1. The van der Waals surface area contributed by atoms with Crippen molar-refractivity contribution in [1.29, 1.82) is 0 Å². The lowest BCUT2D eigenvalue weighted by Crippen LogP contribution is -2.26. The molecule has 0 radical (unpaired) electrons. The van der Waals surface area contributed by atoms with Crippen LogP contribution in [0.1, 0.15) is 6.42 Å². The molecule has 0 saturated carbocycles.